The molecule has 0 heterocycles. The molecule has 1 unspecified atom stereocenters. The maximum Gasteiger partial charge on any atom is 0.143 e. The van der Waals surface area contributed by atoms with E-state index in [1.807, 2.05) is 24.3 Å². The predicted molar refractivity (Wildman–Crippen MR) is 78.5 cm³/mol. The average Bonchev–Trinajstić information content (AvgIpc) is 2.42. The molecule has 0 saturated heterocycles. The molecule has 0 saturated carbocycles. The Morgan fingerprint density at radius 2 is 2.00 bits per heavy atom. The summed E-state index contributed by atoms with van der Waals surface area (Å²) in [6.07, 6.45) is 2.58. The summed E-state index contributed by atoms with van der Waals surface area (Å²) >= 11 is 1.76. The number of hydrogen-bond donors (Lipinski definition) is 0. The summed E-state index contributed by atoms with van der Waals surface area (Å²) in [6.45, 7) is 4.32. The van der Waals surface area contributed by atoms with Crippen LogP contribution in [0, 0.1) is 0 Å². The average molecular weight is 266 g/mol. The molecule has 1 aromatic carbocycles. The van der Waals surface area contributed by atoms with Crippen molar-refractivity contribution in [2.24, 2.45) is 0 Å². The van der Waals surface area contributed by atoms with Crippen molar-refractivity contribution >= 4 is 17.5 Å². The largest absolute Gasteiger partial charge is 0.497 e. The molecule has 3 heteroatoms. The van der Waals surface area contributed by atoms with Gasteiger partial charge in [0.05, 0.1) is 12.9 Å². The first-order valence-electron chi connectivity index (χ1n) is 6.42. The standard InChI is InChI=1S/C15H22O2S/c1-4-12(2)18-11-14(16)8-5-13-6-9-15(17-3)10-7-13/h6-7,9-10,12H,4-5,8,11H2,1-3H3. The summed E-state index contributed by atoms with van der Waals surface area (Å²) in [4.78, 5) is 11.7. The number of hydrogen-bond acceptors (Lipinski definition) is 3. The SMILES string of the molecule is CCC(C)SCC(=O)CCc1ccc(OC)cc1. The van der Waals surface area contributed by atoms with Gasteiger partial charge in [-0.05, 0) is 30.5 Å². The summed E-state index contributed by atoms with van der Waals surface area (Å²) in [6, 6.07) is 7.92. The van der Waals surface area contributed by atoms with Gasteiger partial charge in [0.1, 0.15) is 11.5 Å². The Morgan fingerprint density at radius 1 is 1.33 bits per heavy atom. The smallest absolute Gasteiger partial charge is 0.143 e. The highest BCUT2D eigenvalue weighted by molar-refractivity contribution is 8.00. The van der Waals surface area contributed by atoms with E-state index in [4.69, 9.17) is 4.74 Å². The molecule has 100 valence electrons. The molecule has 0 amide bonds. The van der Waals surface area contributed by atoms with Crippen LogP contribution in [0.4, 0.5) is 0 Å². The minimum atomic E-state index is 0.344. The first-order chi connectivity index (χ1) is 8.65. The Bertz CT molecular complexity index is 359. The van der Waals surface area contributed by atoms with Crippen molar-refractivity contribution in [3.05, 3.63) is 29.8 Å². The monoisotopic (exact) mass is 266 g/mol. The first-order valence-corrected chi connectivity index (χ1v) is 7.46. The molecule has 1 aromatic rings. The van der Waals surface area contributed by atoms with E-state index < -0.39 is 0 Å². The lowest BCUT2D eigenvalue weighted by Crippen LogP contribution is -2.06. The molecule has 2 nitrogen and oxygen atoms in total. The highest BCUT2D eigenvalue weighted by atomic mass is 32.2. The van der Waals surface area contributed by atoms with Crippen LogP contribution in [0.1, 0.15) is 32.3 Å². The van der Waals surface area contributed by atoms with Gasteiger partial charge in [0.25, 0.3) is 0 Å². The maximum absolute atomic E-state index is 11.7. The number of ketones is 1. The highest BCUT2D eigenvalue weighted by Gasteiger charge is 2.06. The van der Waals surface area contributed by atoms with Crippen LogP contribution in [0.2, 0.25) is 0 Å². The van der Waals surface area contributed by atoms with Gasteiger partial charge >= 0.3 is 0 Å². The molecule has 0 aliphatic carbocycles. The number of thioether (sulfide) groups is 1. The normalized spacial score (nSPS) is 12.2. The lowest BCUT2D eigenvalue weighted by Gasteiger charge is -2.07. The fourth-order valence-corrected chi connectivity index (χ4v) is 2.35. The molecule has 0 radical (unpaired) electrons. The van der Waals surface area contributed by atoms with Crippen LogP contribution in [-0.4, -0.2) is 23.9 Å². The molecule has 0 aliphatic rings. The van der Waals surface area contributed by atoms with Gasteiger partial charge in [-0.15, -0.1) is 0 Å². The zero-order valence-electron chi connectivity index (χ0n) is 11.4. The van der Waals surface area contributed by atoms with E-state index >= 15 is 0 Å². The van der Waals surface area contributed by atoms with Crippen LogP contribution < -0.4 is 4.74 Å². The van der Waals surface area contributed by atoms with E-state index in [1.54, 1.807) is 18.9 Å². The van der Waals surface area contributed by atoms with Gasteiger partial charge in [-0.25, -0.2) is 0 Å². The quantitative estimate of drug-likeness (QED) is 0.717. The van der Waals surface area contributed by atoms with Crippen LogP contribution in [0.5, 0.6) is 5.75 Å². The third-order valence-electron chi connectivity index (χ3n) is 2.96. The second-order valence-electron chi connectivity index (χ2n) is 4.42. The molecule has 1 atom stereocenters. The zero-order chi connectivity index (χ0) is 13.4. The number of ether oxygens (including phenoxy) is 1. The topological polar surface area (TPSA) is 26.3 Å². The third-order valence-corrected chi connectivity index (χ3v) is 4.35. The van der Waals surface area contributed by atoms with E-state index in [2.05, 4.69) is 13.8 Å². The van der Waals surface area contributed by atoms with Crippen molar-refractivity contribution in [1.82, 2.24) is 0 Å². The van der Waals surface area contributed by atoms with E-state index in [0.717, 1.165) is 18.6 Å². The Hall–Kier alpha value is -0.960. The van der Waals surface area contributed by atoms with Crippen molar-refractivity contribution in [3.8, 4) is 5.75 Å². The molecule has 1 rings (SSSR count). The third kappa shape index (κ3) is 5.58. The molecular formula is C15H22O2S. The predicted octanol–water partition coefficient (Wildman–Crippen LogP) is 3.73. The Balaban J connectivity index is 2.29. The maximum atomic E-state index is 11.7. The molecule has 0 N–H and O–H groups in total. The fraction of sp³-hybridized carbons (Fsp3) is 0.533. The first kappa shape index (κ1) is 15.1. The molecule has 0 spiro atoms. The Labute approximate surface area is 114 Å². The van der Waals surface area contributed by atoms with Crippen LogP contribution in [0.3, 0.4) is 0 Å². The lowest BCUT2D eigenvalue weighted by atomic mass is 10.1. The second-order valence-corrected chi connectivity index (χ2v) is 5.84. The molecular weight excluding hydrogens is 244 g/mol. The zero-order valence-corrected chi connectivity index (χ0v) is 12.3. The van der Waals surface area contributed by atoms with Crippen LogP contribution in [0.25, 0.3) is 0 Å². The minimum absolute atomic E-state index is 0.344. The second kappa shape index (κ2) is 8.20. The molecule has 18 heavy (non-hydrogen) atoms. The van der Waals surface area contributed by atoms with Crippen molar-refractivity contribution in [1.29, 1.82) is 0 Å². The van der Waals surface area contributed by atoms with Gasteiger partial charge in [-0.3, -0.25) is 4.79 Å². The summed E-state index contributed by atoms with van der Waals surface area (Å²) in [5.41, 5.74) is 1.19. The van der Waals surface area contributed by atoms with Crippen molar-refractivity contribution in [3.63, 3.8) is 0 Å². The summed E-state index contributed by atoms with van der Waals surface area (Å²) in [5.74, 6) is 1.85. The van der Waals surface area contributed by atoms with Crippen LogP contribution in [0.15, 0.2) is 24.3 Å². The molecule has 0 aliphatic heterocycles. The van der Waals surface area contributed by atoms with E-state index in [0.29, 0.717) is 23.2 Å². The number of Topliss-reactive ketones (excluding diaryl/α,β-unsaturated/α-hetero) is 1. The summed E-state index contributed by atoms with van der Waals surface area (Å²) < 4.78 is 5.10. The van der Waals surface area contributed by atoms with Crippen molar-refractivity contribution in [2.45, 2.75) is 38.4 Å². The van der Waals surface area contributed by atoms with Gasteiger partial charge < -0.3 is 4.74 Å². The van der Waals surface area contributed by atoms with Gasteiger partial charge in [0, 0.05) is 11.7 Å². The van der Waals surface area contributed by atoms with Gasteiger partial charge in [0.2, 0.25) is 0 Å². The lowest BCUT2D eigenvalue weighted by molar-refractivity contribution is -0.116. The van der Waals surface area contributed by atoms with Gasteiger partial charge in [-0.1, -0.05) is 26.0 Å². The van der Waals surface area contributed by atoms with Crippen molar-refractivity contribution < 1.29 is 9.53 Å². The molecule has 0 aromatic heterocycles. The number of methoxy groups -OCH3 is 1. The van der Waals surface area contributed by atoms with E-state index in [1.165, 1.54) is 5.56 Å². The summed E-state index contributed by atoms with van der Waals surface area (Å²) in [5, 5.41) is 0.579. The van der Waals surface area contributed by atoms with E-state index in [9.17, 15) is 4.79 Å². The Morgan fingerprint density at radius 3 is 2.56 bits per heavy atom. The Kier molecular flexibility index (Phi) is 6.88. The van der Waals surface area contributed by atoms with Gasteiger partial charge in [0.15, 0.2) is 0 Å². The number of carbonyl (C=O) groups excluding carboxylic acids is 1. The number of carbonyl (C=O) groups is 1. The number of benzene rings is 1. The van der Waals surface area contributed by atoms with Crippen molar-refractivity contribution in [2.75, 3.05) is 12.9 Å². The molecule has 0 fully saturated rings. The molecule has 0 bridgehead atoms. The summed E-state index contributed by atoms with van der Waals surface area (Å²) in [7, 11) is 1.66. The van der Waals surface area contributed by atoms with Gasteiger partial charge in [-0.2, -0.15) is 11.8 Å². The van der Waals surface area contributed by atoms with Crippen LogP contribution >= 0.6 is 11.8 Å². The highest BCUT2D eigenvalue weighted by Crippen LogP contribution is 2.16. The number of aryl methyl sites for hydroxylation is 1. The van der Waals surface area contributed by atoms with Crippen LogP contribution in [-0.2, 0) is 11.2 Å². The van der Waals surface area contributed by atoms with E-state index in [-0.39, 0.29) is 0 Å². The minimum Gasteiger partial charge on any atom is -0.497 e. The number of rotatable bonds is 8. The fourth-order valence-electron chi connectivity index (χ4n) is 1.50.